The number of rotatable bonds is 6. The number of anilines is 2. The number of fused-ring (bicyclic) bond motifs is 1. The number of nitrogens with zero attached hydrogens (tertiary/aromatic N) is 5. The number of amides is 2. The zero-order chi connectivity index (χ0) is 27.6. The number of carbonyl (C=O) groups excluding carboxylic acids is 1. The van der Waals surface area contributed by atoms with Gasteiger partial charge in [0, 0.05) is 17.8 Å². The van der Waals surface area contributed by atoms with Gasteiger partial charge in [-0.1, -0.05) is 23.7 Å². The van der Waals surface area contributed by atoms with E-state index in [9.17, 15) is 18.0 Å². The number of benzene rings is 2. The Hall–Kier alpha value is -4.91. The molecule has 14 heteroatoms. The van der Waals surface area contributed by atoms with Crippen molar-refractivity contribution in [1.82, 2.24) is 24.6 Å². The second-order valence-electron chi connectivity index (χ2n) is 7.95. The maximum Gasteiger partial charge on any atom is 0.416 e. The van der Waals surface area contributed by atoms with E-state index in [-0.39, 0.29) is 22.4 Å². The predicted molar refractivity (Wildman–Crippen MR) is 136 cm³/mol. The number of hydrogen-bond donors (Lipinski definition) is 2. The number of methoxy groups -OCH3 is 1. The monoisotopic (exact) mass is 555 g/mol. The Kier molecular flexibility index (Phi) is 6.90. The summed E-state index contributed by atoms with van der Waals surface area (Å²) in [5.41, 5.74) is 1.31. The first kappa shape index (κ1) is 25.7. The van der Waals surface area contributed by atoms with Crippen LogP contribution in [-0.4, -0.2) is 37.7 Å². The third kappa shape index (κ3) is 5.83. The van der Waals surface area contributed by atoms with Gasteiger partial charge in [0.2, 0.25) is 5.88 Å². The molecule has 0 aliphatic heterocycles. The smallest absolute Gasteiger partial charge is 0.416 e. The minimum absolute atomic E-state index is 0.0111. The normalized spacial score (nSPS) is 11.3. The Balaban J connectivity index is 1.22. The molecule has 3 heterocycles. The Labute approximate surface area is 223 Å². The van der Waals surface area contributed by atoms with Crippen LogP contribution in [0.2, 0.25) is 5.02 Å². The van der Waals surface area contributed by atoms with E-state index in [0.29, 0.717) is 17.3 Å². The number of urea groups is 1. The van der Waals surface area contributed by atoms with Crippen molar-refractivity contribution >= 4 is 34.7 Å². The van der Waals surface area contributed by atoms with Crippen LogP contribution in [0.4, 0.5) is 29.3 Å². The Morgan fingerprint density at radius 1 is 1.00 bits per heavy atom. The van der Waals surface area contributed by atoms with Crippen molar-refractivity contribution in [3.05, 3.63) is 83.9 Å². The van der Waals surface area contributed by atoms with E-state index >= 15 is 0 Å². The molecule has 0 aliphatic carbocycles. The lowest BCUT2D eigenvalue weighted by Crippen LogP contribution is -2.20. The van der Waals surface area contributed by atoms with E-state index in [2.05, 4.69) is 30.7 Å². The molecule has 0 saturated heterocycles. The third-order valence-corrected chi connectivity index (χ3v) is 5.68. The molecule has 0 fully saturated rings. The lowest BCUT2D eigenvalue weighted by molar-refractivity contribution is -0.137. The molecular formula is C25H17ClF3N7O3. The highest BCUT2D eigenvalue weighted by molar-refractivity contribution is 6.33. The zero-order valence-electron chi connectivity index (χ0n) is 19.9. The summed E-state index contributed by atoms with van der Waals surface area (Å²) >= 11 is 5.90. The molecular weight excluding hydrogens is 539 g/mol. The van der Waals surface area contributed by atoms with E-state index in [1.165, 1.54) is 19.5 Å². The van der Waals surface area contributed by atoms with Crippen LogP contribution < -0.4 is 20.1 Å². The van der Waals surface area contributed by atoms with Gasteiger partial charge in [0.05, 0.1) is 47.7 Å². The summed E-state index contributed by atoms with van der Waals surface area (Å²) in [6, 6.07) is 10.6. The maximum absolute atomic E-state index is 12.9. The van der Waals surface area contributed by atoms with Crippen LogP contribution >= 0.6 is 11.6 Å². The van der Waals surface area contributed by atoms with Gasteiger partial charge in [-0.25, -0.2) is 19.3 Å². The topological polar surface area (TPSA) is 116 Å². The van der Waals surface area contributed by atoms with Crippen LogP contribution in [0.5, 0.6) is 17.6 Å². The van der Waals surface area contributed by atoms with Crippen LogP contribution in [0, 0.1) is 0 Å². The number of nitrogens with one attached hydrogen (secondary N) is 2. The van der Waals surface area contributed by atoms with Crippen LogP contribution in [0.1, 0.15) is 5.56 Å². The Morgan fingerprint density at radius 3 is 2.44 bits per heavy atom. The number of alkyl halides is 3. The molecule has 2 amide bonds. The highest BCUT2D eigenvalue weighted by Crippen LogP contribution is 2.34. The standard InChI is InChI=1S/C25H17ClF3N7O3/c1-38-21-8-9-36-22(35-21)18(13-32-36)14-2-5-17(6-3-14)39-24-30-11-16(12-31-24)33-23(37)34-20-10-15(25(27,28)29)4-7-19(20)26/h2-13H,1H3,(H2,33,34,37). The fraction of sp³-hybridized carbons (Fsp3) is 0.0800. The fourth-order valence-corrected chi connectivity index (χ4v) is 3.66. The van der Waals surface area contributed by atoms with Gasteiger partial charge in [0.15, 0.2) is 5.65 Å². The van der Waals surface area contributed by atoms with Crippen molar-refractivity contribution in [2.24, 2.45) is 0 Å². The maximum atomic E-state index is 12.9. The summed E-state index contributed by atoms with van der Waals surface area (Å²) < 4.78 is 51.3. The molecule has 0 atom stereocenters. The zero-order valence-corrected chi connectivity index (χ0v) is 20.7. The Bertz CT molecular complexity index is 1640. The number of halogens is 4. The van der Waals surface area contributed by atoms with Gasteiger partial charge in [-0.2, -0.15) is 23.3 Å². The third-order valence-electron chi connectivity index (χ3n) is 5.36. The van der Waals surface area contributed by atoms with Gasteiger partial charge in [-0.3, -0.25) is 0 Å². The molecule has 2 N–H and O–H groups in total. The highest BCUT2D eigenvalue weighted by Gasteiger charge is 2.31. The molecule has 3 aromatic heterocycles. The van der Waals surface area contributed by atoms with Crippen LogP contribution in [0.15, 0.2) is 73.3 Å². The summed E-state index contributed by atoms with van der Waals surface area (Å²) in [4.78, 5) is 24.8. The number of carbonyl (C=O) groups is 1. The molecule has 0 spiro atoms. The van der Waals surface area contributed by atoms with Crippen LogP contribution in [0.3, 0.4) is 0 Å². The van der Waals surface area contributed by atoms with Crippen molar-refractivity contribution in [1.29, 1.82) is 0 Å². The SMILES string of the molecule is COc1ccn2ncc(-c3ccc(Oc4ncc(NC(=O)Nc5cc(C(F)(F)F)ccc5Cl)cn4)cc3)c2n1. The van der Waals surface area contributed by atoms with Gasteiger partial charge < -0.3 is 20.1 Å². The summed E-state index contributed by atoms with van der Waals surface area (Å²) in [5.74, 6) is 0.926. The largest absolute Gasteiger partial charge is 0.481 e. The number of hydrogen-bond acceptors (Lipinski definition) is 7. The van der Waals surface area contributed by atoms with Gasteiger partial charge >= 0.3 is 18.2 Å². The molecule has 10 nitrogen and oxygen atoms in total. The molecule has 0 saturated carbocycles. The minimum Gasteiger partial charge on any atom is -0.481 e. The van der Waals surface area contributed by atoms with Gasteiger partial charge in [-0.05, 0) is 35.9 Å². The average molecular weight is 556 g/mol. The first-order valence-corrected chi connectivity index (χ1v) is 11.5. The molecule has 2 aromatic carbocycles. The van der Waals surface area contributed by atoms with E-state index in [1.807, 2.05) is 12.1 Å². The first-order chi connectivity index (χ1) is 18.7. The van der Waals surface area contributed by atoms with Crippen molar-refractivity contribution in [3.63, 3.8) is 0 Å². The van der Waals surface area contributed by atoms with Crippen molar-refractivity contribution in [2.75, 3.05) is 17.7 Å². The summed E-state index contributed by atoms with van der Waals surface area (Å²) in [6.45, 7) is 0. The van der Waals surface area contributed by atoms with Crippen LogP contribution in [0.25, 0.3) is 16.8 Å². The molecule has 5 rings (SSSR count). The van der Waals surface area contributed by atoms with Crippen molar-refractivity contribution in [3.8, 4) is 28.8 Å². The first-order valence-electron chi connectivity index (χ1n) is 11.1. The van der Waals surface area contributed by atoms with Crippen molar-refractivity contribution < 1.29 is 27.4 Å². The molecule has 198 valence electrons. The second-order valence-corrected chi connectivity index (χ2v) is 8.36. The van der Waals surface area contributed by atoms with Crippen LogP contribution in [-0.2, 0) is 6.18 Å². The van der Waals surface area contributed by atoms with Gasteiger partial charge in [0.25, 0.3) is 0 Å². The summed E-state index contributed by atoms with van der Waals surface area (Å²) in [6.07, 6.45) is 1.43. The Morgan fingerprint density at radius 2 is 1.74 bits per heavy atom. The highest BCUT2D eigenvalue weighted by atomic mass is 35.5. The molecule has 0 unspecified atom stereocenters. The molecule has 39 heavy (non-hydrogen) atoms. The molecule has 0 radical (unpaired) electrons. The van der Waals surface area contributed by atoms with E-state index < -0.39 is 17.8 Å². The number of ether oxygens (including phenoxy) is 2. The fourth-order valence-electron chi connectivity index (χ4n) is 3.49. The molecule has 5 aromatic rings. The predicted octanol–water partition coefficient (Wildman–Crippen LogP) is 6.30. The second kappa shape index (κ2) is 10.5. The van der Waals surface area contributed by atoms with E-state index in [1.54, 1.807) is 35.1 Å². The minimum atomic E-state index is -4.58. The molecule has 0 bridgehead atoms. The average Bonchev–Trinajstić information content (AvgIpc) is 3.34. The lowest BCUT2D eigenvalue weighted by Gasteiger charge is -2.12. The number of aromatic nitrogens is 5. The van der Waals surface area contributed by atoms with Crippen molar-refractivity contribution in [2.45, 2.75) is 6.18 Å². The molecule has 0 aliphatic rings. The van der Waals surface area contributed by atoms with E-state index in [4.69, 9.17) is 21.1 Å². The summed E-state index contributed by atoms with van der Waals surface area (Å²) in [5, 5.41) is 8.93. The van der Waals surface area contributed by atoms with Gasteiger partial charge in [-0.15, -0.1) is 0 Å². The summed E-state index contributed by atoms with van der Waals surface area (Å²) in [7, 11) is 1.54. The van der Waals surface area contributed by atoms with Gasteiger partial charge in [0.1, 0.15) is 5.75 Å². The quantitative estimate of drug-likeness (QED) is 0.252. The lowest BCUT2D eigenvalue weighted by atomic mass is 10.1. The van der Waals surface area contributed by atoms with E-state index in [0.717, 1.165) is 29.3 Å².